The second kappa shape index (κ2) is 6.20. The number of nitro groups is 1. The molecule has 2 aromatic rings. The Balaban J connectivity index is 1.93. The van der Waals surface area contributed by atoms with Crippen LogP contribution in [0.5, 0.6) is 0 Å². The maximum absolute atomic E-state index is 11.1. The van der Waals surface area contributed by atoms with Crippen molar-refractivity contribution in [1.82, 2.24) is 9.97 Å². The van der Waals surface area contributed by atoms with Crippen LogP contribution in [-0.4, -0.2) is 21.4 Å². The van der Waals surface area contributed by atoms with Gasteiger partial charge < -0.3 is 10.6 Å². The lowest BCUT2D eigenvalue weighted by Gasteiger charge is -2.12. The lowest BCUT2D eigenvalue weighted by molar-refractivity contribution is -0.385. The zero-order valence-corrected chi connectivity index (χ0v) is 13.2. The average Bonchev–Trinajstić information content (AvgIpc) is 3.34. The number of benzene rings is 1. The summed E-state index contributed by atoms with van der Waals surface area (Å²) in [6.45, 7) is 4.46. The van der Waals surface area contributed by atoms with Crippen LogP contribution in [0.15, 0.2) is 24.3 Å². The Morgan fingerprint density at radius 1 is 1.35 bits per heavy atom. The van der Waals surface area contributed by atoms with E-state index in [1.165, 1.54) is 6.07 Å². The molecular weight excluding hydrogens is 294 g/mol. The van der Waals surface area contributed by atoms with Gasteiger partial charge in [0.15, 0.2) is 0 Å². The fourth-order valence-electron chi connectivity index (χ4n) is 2.45. The fourth-order valence-corrected chi connectivity index (χ4v) is 2.45. The molecule has 0 radical (unpaired) electrons. The largest absolute Gasteiger partial charge is 0.354 e. The highest BCUT2D eigenvalue weighted by Gasteiger charge is 2.26. The molecule has 1 aliphatic carbocycles. The van der Waals surface area contributed by atoms with Gasteiger partial charge in [-0.2, -0.15) is 4.98 Å². The van der Waals surface area contributed by atoms with Crippen molar-refractivity contribution >= 4 is 23.1 Å². The molecule has 1 aliphatic rings. The van der Waals surface area contributed by atoms with Gasteiger partial charge in [-0.05, 0) is 32.8 Å². The molecular formula is C16H19N5O2. The predicted molar refractivity (Wildman–Crippen MR) is 89.3 cm³/mol. The first-order valence-corrected chi connectivity index (χ1v) is 7.72. The van der Waals surface area contributed by atoms with Crippen molar-refractivity contribution in [3.05, 3.63) is 45.6 Å². The molecule has 0 saturated heterocycles. The van der Waals surface area contributed by atoms with Gasteiger partial charge in [-0.25, -0.2) is 4.98 Å². The molecule has 23 heavy (non-hydrogen) atoms. The number of aromatic nitrogens is 2. The highest BCUT2D eigenvalue weighted by Crippen LogP contribution is 2.40. The minimum Gasteiger partial charge on any atom is -0.354 e. The molecule has 0 bridgehead atoms. The molecule has 1 aromatic heterocycles. The predicted octanol–water partition coefficient (Wildman–Crippen LogP) is 3.75. The molecule has 0 spiro atoms. The number of rotatable bonds is 6. The molecule has 7 heteroatoms. The minimum atomic E-state index is -0.375. The molecule has 3 rings (SSSR count). The van der Waals surface area contributed by atoms with Crippen molar-refractivity contribution < 1.29 is 4.92 Å². The molecule has 0 aliphatic heterocycles. The standard InChI is InChI=1S/C16H19N5O2/c1-3-17-16-19-13(11-7-8-11)9-15(20-16)18-12-5-4-6-14(10(12)2)21(22)23/h4-6,9,11H,3,7-8H2,1-2H3,(H2,17,18,19,20). The van der Waals surface area contributed by atoms with Gasteiger partial charge in [-0.15, -0.1) is 0 Å². The van der Waals surface area contributed by atoms with E-state index in [0.717, 1.165) is 25.1 Å². The van der Waals surface area contributed by atoms with E-state index in [0.29, 0.717) is 28.9 Å². The molecule has 120 valence electrons. The Kier molecular flexibility index (Phi) is 4.10. The van der Waals surface area contributed by atoms with E-state index in [-0.39, 0.29) is 10.6 Å². The molecule has 1 fully saturated rings. The quantitative estimate of drug-likeness (QED) is 0.623. The molecule has 7 nitrogen and oxygen atoms in total. The van der Waals surface area contributed by atoms with Crippen molar-refractivity contribution in [3.63, 3.8) is 0 Å². The van der Waals surface area contributed by atoms with E-state index >= 15 is 0 Å². The third kappa shape index (κ3) is 3.39. The van der Waals surface area contributed by atoms with E-state index in [9.17, 15) is 10.1 Å². The Labute approximate surface area is 134 Å². The lowest BCUT2D eigenvalue weighted by Crippen LogP contribution is -2.07. The minimum absolute atomic E-state index is 0.0957. The summed E-state index contributed by atoms with van der Waals surface area (Å²) < 4.78 is 0. The van der Waals surface area contributed by atoms with Crippen LogP contribution in [0.1, 0.15) is 36.9 Å². The van der Waals surface area contributed by atoms with Crippen molar-refractivity contribution in [2.45, 2.75) is 32.6 Å². The van der Waals surface area contributed by atoms with Crippen molar-refractivity contribution in [1.29, 1.82) is 0 Å². The van der Waals surface area contributed by atoms with Gasteiger partial charge in [0.2, 0.25) is 5.95 Å². The van der Waals surface area contributed by atoms with Gasteiger partial charge in [-0.1, -0.05) is 6.07 Å². The van der Waals surface area contributed by atoms with Gasteiger partial charge in [0.1, 0.15) is 5.82 Å². The first-order valence-electron chi connectivity index (χ1n) is 7.72. The van der Waals surface area contributed by atoms with Crippen LogP contribution in [0.25, 0.3) is 0 Å². The third-order valence-corrected chi connectivity index (χ3v) is 3.84. The van der Waals surface area contributed by atoms with Crippen LogP contribution in [-0.2, 0) is 0 Å². The van der Waals surface area contributed by atoms with Crippen LogP contribution in [0, 0.1) is 17.0 Å². The SMILES string of the molecule is CCNc1nc(Nc2cccc([N+](=O)[O-])c2C)cc(C2CC2)n1. The molecule has 1 heterocycles. The maximum Gasteiger partial charge on any atom is 0.274 e. The van der Waals surface area contributed by atoms with Crippen molar-refractivity contribution in [3.8, 4) is 0 Å². The van der Waals surface area contributed by atoms with Gasteiger partial charge >= 0.3 is 0 Å². The Bertz CT molecular complexity index is 743. The summed E-state index contributed by atoms with van der Waals surface area (Å²) in [5.74, 6) is 1.74. The summed E-state index contributed by atoms with van der Waals surface area (Å²) in [7, 11) is 0. The van der Waals surface area contributed by atoms with Crippen molar-refractivity contribution in [2.24, 2.45) is 0 Å². The molecule has 1 aromatic carbocycles. The number of nitrogens with zero attached hydrogens (tertiary/aromatic N) is 3. The Hall–Kier alpha value is -2.70. The average molecular weight is 313 g/mol. The van der Waals surface area contributed by atoms with E-state index in [1.807, 2.05) is 19.1 Å². The van der Waals surface area contributed by atoms with E-state index < -0.39 is 0 Å². The summed E-state index contributed by atoms with van der Waals surface area (Å²) in [6.07, 6.45) is 2.30. The molecule has 0 unspecified atom stereocenters. The summed E-state index contributed by atoms with van der Waals surface area (Å²) in [5, 5.41) is 17.4. The van der Waals surface area contributed by atoms with Crippen LogP contribution >= 0.6 is 0 Å². The summed E-state index contributed by atoms with van der Waals surface area (Å²) in [6, 6.07) is 6.91. The van der Waals surface area contributed by atoms with E-state index in [4.69, 9.17) is 0 Å². The summed E-state index contributed by atoms with van der Waals surface area (Å²) in [5.41, 5.74) is 2.39. The first-order chi connectivity index (χ1) is 11.1. The van der Waals surface area contributed by atoms with Gasteiger partial charge in [-0.3, -0.25) is 10.1 Å². The van der Waals surface area contributed by atoms with Gasteiger partial charge in [0.25, 0.3) is 5.69 Å². The fraction of sp³-hybridized carbons (Fsp3) is 0.375. The zero-order valence-electron chi connectivity index (χ0n) is 13.2. The third-order valence-electron chi connectivity index (χ3n) is 3.84. The number of hydrogen-bond donors (Lipinski definition) is 2. The highest BCUT2D eigenvalue weighted by molar-refractivity contribution is 5.66. The topological polar surface area (TPSA) is 93.0 Å². The molecule has 1 saturated carbocycles. The van der Waals surface area contributed by atoms with E-state index in [1.54, 1.807) is 13.0 Å². The molecule has 0 atom stereocenters. The van der Waals surface area contributed by atoms with Crippen LogP contribution < -0.4 is 10.6 Å². The maximum atomic E-state index is 11.1. The monoisotopic (exact) mass is 313 g/mol. The Morgan fingerprint density at radius 2 is 2.13 bits per heavy atom. The van der Waals surface area contributed by atoms with Gasteiger partial charge in [0.05, 0.1) is 16.2 Å². The lowest BCUT2D eigenvalue weighted by atomic mass is 10.1. The zero-order chi connectivity index (χ0) is 16.4. The van der Waals surface area contributed by atoms with Crippen molar-refractivity contribution in [2.75, 3.05) is 17.2 Å². The highest BCUT2D eigenvalue weighted by atomic mass is 16.6. The molecule has 0 amide bonds. The Morgan fingerprint density at radius 3 is 2.78 bits per heavy atom. The summed E-state index contributed by atoms with van der Waals surface area (Å²) in [4.78, 5) is 19.7. The number of anilines is 3. The smallest absolute Gasteiger partial charge is 0.274 e. The van der Waals surface area contributed by atoms with Crippen LogP contribution in [0.4, 0.5) is 23.1 Å². The van der Waals surface area contributed by atoms with E-state index in [2.05, 4.69) is 20.6 Å². The number of hydrogen-bond acceptors (Lipinski definition) is 6. The summed E-state index contributed by atoms with van der Waals surface area (Å²) >= 11 is 0. The second-order valence-electron chi connectivity index (χ2n) is 5.64. The second-order valence-corrected chi connectivity index (χ2v) is 5.64. The normalized spacial score (nSPS) is 13.7. The number of nitrogens with one attached hydrogen (secondary N) is 2. The van der Waals surface area contributed by atoms with Crippen LogP contribution in [0.2, 0.25) is 0 Å². The first kappa shape index (κ1) is 15.2. The number of nitro benzene ring substituents is 1. The van der Waals surface area contributed by atoms with Crippen LogP contribution in [0.3, 0.4) is 0 Å². The molecule has 2 N–H and O–H groups in total. The van der Waals surface area contributed by atoms with Gasteiger partial charge in [0, 0.05) is 30.3 Å².